The SMILES string of the molecule is CCCCCCCCC(O)c1ccc(C)nc1. The molecule has 2 nitrogen and oxygen atoms in total. The molecule has 96 valence electrons. The summed E-state index contributed by atoms with van der Waals surface area (Å²) in [7, 11) is 0. The van der Waals surface area contributed by atoms with Gasteiger partial charge in [0.2, 0.25) is 0 Å². The summed E-state index contributed by atoms with van der Waals surface area (Å²) < 4.78 is 0. The standard InChI is InChI=1S/C15H25NO/c1-3-4-5-6-7-8-9-15(17)14-11-10-13(2)16-12-14/h10-12,15,17H,3-9H2,1-2H3. The van der Waals surface area contributed by atoms with Gasteiger partial charge < -0.3 is 5.11 Å². The predicted octanol–water partition coefficient (Wildman–Crippen LogP) is 4.17. The molecule has 0 amide bonds. The molecular weight excluding hydrogens is 210 g/mol. The molecule has 1 unspecified atom stereocenters. The van der Waals surface area contributed by atoms with Gasteiger partial charge in [0.15, 0.2) is 0 Å². The zero-order chi connectivity index (χ0) is 12.5. The minimum atomic E-state index is -0.339. The number of aryl methyl sites for hydroxylation is 1. The van der Waals surface area contributed by atoms with Crippen molar-refractivity contribution in [3.63, 3.8) is 0 Å². The number of pyridine rings is 1. The summed E-state index contributed by atoms with van der Waals surface area (Å²) in [5.74, 6) is 0. The van der Waals surface area contributed by atoms with Gasteiger partial charge in [0.1, 0.15) is 0 Å². The van der Waals surface area contributed by atoms with E-state index in [9.17, 15) is 5.11 Å². The van der Waals surface area contributed by atoms with Gasteiger partial charge in [-0.1, -0.05) is 51.5 Å². The highest BCUT2D eigenvalue weighted by Crippen LogP contribution is 2.19. The summed E-state index contributed by atoms with van der Waals surface area (Å²) >= 11 is 0. The number of rotatable bonds is 8. The monoisotopic (exact) mass is 235 g/mol. The molecule has 0 spiro atoms. The van der Waals surface area contributed by atoms with Crippen molar-refractivity contribution in [3.05, 3.63) is 29.6 Å². The Morgan fingerprint density at radius 2 is 1.82 bits per heavy atom. The van der Waals surface area contributed by atoms with Crippen molar-refractivity contribution >= 4 is 0 Å². The van der Waals surface area contributed by atoms with Crippen LogP contribution in [0.15, 0.2) is 18.3 Å². The Morgan fingerprint density at radius 1 is 1.12 bits per heavy atom. The topological polar surface area (TPSA) is 33.1 Å². The van der Waals surface area contributed by atoms with E-state index >= 15 is 0 Å². The van der Waals surface area contributed by atoms with Crippen LogP contribution >= 0.6 is 0 Å². The highest BCUT2D eigenvalue weighted by molar-refractivity contribution is 5.15. The Morgan fingerprint density at radius 3 is 2.47 bits per heavy atom. The van der Waals surface area contributed by atoms with Crippen LogP contribution in [-0.2, 0) is 0 Å². The molecule has 1 heterocycles. The highest BCUT2D eigenvalue weighted by atomic mass is 16.3. The average Bonchev–Trinajstić information content (AvgIpc) is 2.34. The Balaban J connectivity index is 2.16. The number of hydrogen-bond donors (Lipinski definition) is 1. The summed E-state index contributed by atoms with van der Waals surface area (Å²) in [5, 5.41) is 9.97. The summed E-state index contributed by atoms with van der Waals surface area (Å²) in [5.41, 5.74) is 1.95. The molecule has 1 N–H and O–H groups in total. The van der Waals surface area contributed by atoms with Gasteiger partial charge in [0.05, 0.1) is 6.10 Å². The van der Waals surface area contributed by atoms with Crippen molar-refractivity contribution in [2.45, 2.75) is 64.9 Å². The van der Waals surface area contributed by atoms with Crippen LogP contribution in [0.5, 0.6) is 0 Å². The molecule has 0 bridgehead atoms. The Kier molecular flexibility index (Phi) is 6.87. The van der Waals surface area contributed by atoms with Crippen LogP contribution in [0.1, 0.15) is 69.2 Å². The molecule has 17 heavy (non-hydrogen) atoms. The van der Waals surface area contributed by atoms with Crippen molar-refractivity contribution in [2.24, 2.45) is 0 Å². The van der Waals surface area contributed by atoms with Gasteiger partial charge in [0.25, 0.3) is 0 Å². The van der Waals surface area contributed by atoms with E-state index in [0.717, 1.165) is 24.1 Å². The van der Waals surface area contributed by atoms with Crippen LogP contribution in [0.2, 0.25) is 0 Å². The first-order chi connectivity index (χ1) is 8.24. The number of nitrogens with zero attached hydrogens (tertiary/aromatic N) is 1. The van der Waals surface area contributed by atoms with Gasteiger partial charge in [-0.15, -0.1) is 0 Å². The molecule has 0 aliphatic heterocycles. The minimum absolute atomic E-state index is 0.339. The second-order valence-electron chi connectivity index (χ2n) is 4.81. The molecule has 0 saturated heterocycles. The van der Waals surface area contributed by atoms with Crippen molar-refractivity contribution in [2.75, 3.05) is 0 Å². The molecule has 1 rings (SSSR count). The lowest BCUT2D eigenvalue weighted by atomic mass is 10.0. The van der Waals surface area contributed by atoms with Crippen molar-refractivity contribution in [3.8, 4) is 0 Å². The molecule has 2 heteroatoms. The van der Waals surface area contributed by atoms with E-state index in [1.165, 1.54) is 32.1 Å². The molecule has 1 aromatic rings. The molecule has 0 fully saturated rings. The van der Waals surface area contributed by atoms with Crippen LogP contribution in [0.3, 0.4) is 0 Å². The van der Waals surface area contributed by atoms with Gasteiger partial charge in [-0.05, 0) is 25.0 Å². The maximum atomic E-state index is 9.97. The summed E-state index contributed by atoms with van der Waals surface area (Å²) in [4.78, 5) is 4.21. The van der Waals surface area contributed by atoms with E-state index in [0.29, 0.717) is 0 Å². The zero-order valence-corrected chi connectivity index (χ0v) is 11.2. The third-order valence-electron chi connectivity index (χ3n) is 3.15. The predicted molar refractivity (Wildman–Crippen MR) is 71.9 cm³/mol. The molecule has 0 aliphatic rings. The fraction of sp³-hybridized carbons (Fsp3) is 0.667. The maximum absolute atomic E-state index is 9.97. The van der Waals surface area contributed by atoms with E-state index in [4.69, 9.17) is 0 Å². The fourth-order valence-corrected chi connectivity index (χ4v) is 1.96. The van der Waals surface area contributed by atoms with Crippen molar-refractivity contribution < 1.29 is 5.11 Å². The lowest BCUT2D eigenvalue weighted by molar-refractivity contribution is 0.163. The first-order valence-electron chi connectivity index (χ1n) is 6.84. The second-order valence-corrected chi connectivity index (χ2v) is 4.81. The van der Waals surface area contributed by atoms with Gasteiger partial charge in [-0.25, -0.2) is 0 Å². The highest BCUT2D eigenvalue weighted by Gasteiger charge is 2.06. The van der Waals surface area contributed by atoms with Crippen molar-refractivity contribution in [1.29, 1.82) is 0 Å². The van der Waals surface area contributed by atoms with Gasteiger partial charge in [0, 0.05) is 11.9 Å². The minimum Gasteiger partial charge on any atom is -0.388 e. The largest absolute Gasteiger partial charge is 0.388 e. The van der Waals surface area contributed by atoms with Gasteiger partial charge in [-0.2, -0.15) is 0 Å². The van der Waals surface area contributed by atoms with E-state index in [-0.39, 0.29) is 6.10 Å². The Labute approximate surface area is 105 Å². The van der Waals surface area contributed by atoms with Crippen molar-refractivity contribution in [1.82, 2.24) is 4.98 Å². The van der Waals surface area contributed by atoms with Gasteiger partial charge in [-0.3, -0.25) is 4.98 Å². The number of unbranched alkanes of at least 4 members (excludes halogenated alkanes) is 5. The lowest BCUT2D eigenvalue weighted by Crippen LogP contribution is -1.98. The number of aliphatic hydroxyl groups is 1. The van der Waals surface area contributed by atoms with Crippen LogP contribution < -0.4 is 0 Å². The summed E-state index contributed by atoms with van der Waals surface area (Å²) in [6.07, 6.45) is 9.91. The first kappa shape index (κ1) is 14.2. The van der Waals surface area contributed by atoms with E-state index in [1.807, 2.05) is 19.1 Å². The fourth-order valence-electron chi connectivity index (χ4n) is 1.96. The van der Waals surface area contributed by atoms with Crippen LogP contribution in [-0.4, -0.2) is 10.1 Å². The molecule has 0 saturated carbocycles. The van der Waals surface area contributed by atoms with Crippen LogP contribution in [0, 0.1) is 6.92 Å². The molecule has 0 aromatic carbocycles. The Bertz CT molecular complexity index is 294. The Hall–Kier alpha value is -0.890. The number of aromatic nitrogens is 1. The van der Waals surface area contributed by atoms with E-state index < -0.39 is 0 Å². The lowest BCUT2D eigenvalue weighted by Gasteiger charge is -2.10. The summed E-state index contributed by atoms with van der Waals surface area (Å²) in [6.45, 7) is 4.19. The third-order valence-corrected chi connectivity index (χ3v) is 3.15. The smallest absolute Gasteiger partial charge is 0.0804 e. The molecule has 0 radical (unpaired) electrons. The number of aliphatic hydroxyl groups excluding tert-OH is 1. The van der Waals surface area contributed by atoms with Crippen LogP contribution in [0.25, 0.3) is 0 Å². The molecule has 1 atom stereocenters. The zero-order valence-electron chi connectivity index (χ0n) is 11.2. The third kappa shape index (κ3) is 5.83. The molecular formula is C15H25NO. The van der Waals surface area contributed by atoms with E-state index in [1.54, 1.807) is 6.20 Å². The van der Waals surface area contributed by atoms with Gasteiger partial charge >= 0.3 is 0 Å². The normalized spacial score (nSPS) is 12.6. The summed E-state index contributed by atoms with van der Waals surface area (Å²) in [6, 6.07) is 3.93. The quantitative estimate of drug-likeness (QED) is 0.686. The molecule has 1 aromatic heterocycles. The first-order valence-corrected chi connectivity index (χ1v) is 6.84. The second kappa shape index (κ2) is 8.24. The molecule has 0 aliphatic carbocycles. The average molecular weight is 235 g/mol. The van der Waals surface area contributed by atoms with Crippen LogP contribution in [0.4, 0.5) is 0 Å². The number of hydrogen-bond acceptors (Lipinski definition) is 2. The van der Waals surface area contributed by atoms with E-state index in [2.05, 4.69) is 11.9 Å². The maximum Gasteiger partial charge on any atom is 0.0804 e.